The fourth-order valence-electron chi connectivity index (χ4n) is 2.77. The Morgan fingerprint density at radius 1 is 0.806 bits per heavy atom. The first-order valence-corrected chi connectivity index (χ1v) is 12.6. The number of benzene rings is 3. The van der Waals surface area contributed by atoms with Crippen LogP contribution in [-0.4, -0.2) is 27.2 Å². The van der Waals surface area contributed by atoms with Crippen molar-refractivity contribution in [3.8, 4) is 0 Å². The molecule has 0 aliphatic carbocycles. The summed E-state index contributed by atoms with van der Waals surface area (Å²) in [5, 5.41) is 19.4. The minimum absolute atomic E-state index is 0.142. The molecule has 3 aromatic rings. The molecule has 10 nitrogen and oxygen atoms in total. The number of anilines is 2. The Hall–Kier alpha value is -3.71. The number of hydrogen-bond acceptors (Lipinski definition) is 9. The second kappa shape index (κ2) is 15.3. The number of aliphatic carboxylic acids is 1. The largest absolute Gasteiger partial charge is 0.481 e. The number of nitrogens with zero attached hydrogens (tertiary/aromatic N) is 4. The topological polar surface area (TPSA) is 173 Å². The molecule has 0 atom stereocenters. The number of hydrogen-bond donors (Lipinski definition) is 5. The number of carboxylic acids is 1. The van der Waals surface area contributed by atoms with E-state index in [0.29, 0.717) is 10.9 Å². The molecule has 0 amide bonds. The van der Waals surface area contributed by atoms with E-state index in [0.717, 1.165) is 28.8 Å². The Bertz CT molecular complexity index is 1150. The van der Waals surface area contributed by atoms with Crippen molar-refractivity contribution in [2.75, 3.05) is 15.8 Å². The summed E-state index contributed by atoms with van der Waals surface area (Å²) in [5.41, 5.74) is 3.90. The van der Waals surface area contributed by atoms with Crippen LogP contribution >= 0.6 is 23.5 Å². The molecule has 0 aliphatic rings. The van der Waals surface area contributed by atoms with Crippen molar-refractivity contribution < 1.29 is 9.90 Å². The number of thioether (sulfide) groups is 2. The second-order valence-corrected chi connectivity index (χ2v) is 9.08. The molecule has 0 fully saturated rings. The van der Waals surface area contributed by atoms with E-state index in [1.54, 1.807) is 12.1 Å². The van der Waals surface area contributed by atoms with Gasteiger partial charge in [0.25, 0.3) is 0 Å². The van der Waals surface area contributed by atoms with Crippen LogP contribution in [0.5, 0.6) is 0 Å². The molecule has 0 aliphatic heterocycles. The molecule has 0 aromatic heterocycles. The minimum Gasteiger partial charge on any atom is -0.481 e. The first-order valence-electron chi connectivity index (χ1n) is 10.6. The van der Waals surface area contributed by atoms with E-state index < -0.39 is 5.97 Å². The van der Waals surface area contributed by atoms with E-state index in [-0.39, 0.29) is 10.9 Å². The first kappa shape index (κ1) is 28.5. The maximum atomic E-state index is 10.4. The summed E-state index contributed by atoms with van der Waals surface area (Å²) in [4.78, 5) is 10.4. The molecular weight excluding hydrogens is 496 g/mol. The van der Waals surface area contributed by atoms with Crippen LogP contribution in [0.15, 0.2) is 95.1 Å². The molecule has 0 saturated carbocycles. The highest BCUT2D eigenvalue weighted by molar-refractivity contribution is 8.14. The summed E-state index contributed by atoms with van der Waals surface area (Å²) in [6.07, 6.45) is 0. The molecule has 9 N–H and O–H groups in total. The van der Waals surface area contributed by atoms with Crippen LogP contribution in [0.4, 0.5) is 11.4 Å². The van der Waals surface area contributed by atoms with Gasteiger partial charge in [-0.05, 0) is 42.3 Å². The number of hydrazine groups is 2. The van der Waals surface area contributed by atoms with Gasteiger partial charge in [0.2, 0.25) is 10.3 Å². The lowest BCUT2D eigenvalue weighted by atomic mass is 10.2. The summed E-state index contributed by atoms with van der Waals surface area (Å²) in [6, 6.07) is 27.1. The average molecular weight is 527 g/mol. The zero-order chi connectivity index (χ0) is 26.3. The van der Waals surface area contributed by atoms with Gasteiger partial charge in [0.05, 0.1) is 17.1 Å². The Kier molecular flexibility index (Phi) is 12.1. The SMILES string of the molecule is Cc1cccc(N(N)/C(=N\N)SCc2ccccc2)c1.N/N=C(/SCC(=O)O)N(N)c1ccccc1. The number of nitrogens with two attached hydrogens (primary N) is 4. The summed E-state index contributed by atoms with van der Waals surface area (Å²) in [5.74, 6) is 22.1. The summed E-state index contributed by atoms with van der Waals surface area (Å²) in [6.45, 7) is 2.02. The number of amidine groups is 2. The third-order valence-electron chi connectivity index (χ3n) is 4.48. The Morgan fingerprint density at radius 2 is 1.33 bits per heavy atom. The Labute approximate surface area is 218 Å². The highest BCUT2D eigenvalue weighted by Crippen LogP contribution is 2.20. The maximum Gasteiger partial charge on any atom is 0.313 e. The van der Waals surface area contributed by atoms with Crippen LogP contribution in [-0.2, 0) is 10.5 Å². The van der Waals surface area contributed by atoms with Gasteiger partial charge in [-0.25, -0.2) is 11.7 Å². The Morgan fingerprint density at radius 3 is 1.89 bits per heavy atom. The molecule has 0 unspecified atom stereocenters. The van der Waals surface area contributed by atoms with E-state index in [1.807, 2.05) is 67.6 Å². The van der Waals surface area contributed by atoms with E-state index in [1.165, 1.54) is 27.3 Å². The summed E-state index contributed by atoms with van der Waals surface area (Å²) < 4.78 is 0. The number of aryl methyl sites for hydroxylation is 1. The molecule has 36 heavy (non-hydrogen) atoms. The predicted octanol–water partition coefficient (Wildman–Crippen LogP) is 3.25. The molecule has 0 heterocycles. The molecule has 3 rings (SSSR count). The van der Waals surface area contributed by atoms with Crippen LogP contribution in [0.25, 0.3) is 0 Å². The lowest BCUT2D eigenvalue weighted by Crippen LogP contribution is -2.36. The third kappa shape index (κ3) is 9.50. The van der Waals surface area contributed by atoms with Crippen molar-refractivity contribution in [2.24, 2.45) is 33.6 Å². The molecular formula is C24H30N8O2S2. The molecule has 0 spiro atoms. The van der Waals surface area contributed by atoms with Gasteiger partial charge in [0, 0.05) is 5.75 Å². The molecule has 12 heteroatoms. The van der Waals surface area contributed by atoms with E-state index >= 15 is 0 Å². The van der Waals surface area contributed by atoms with Crippen molar-refractivity contribution in [2.45, 2.75) is 12.7 Å². The van der Waals surface area contributed by atoms with Crippen LogP contribution in [0.3, 0.4) is 0 Å². The molecule has 190 valence electrons. The van der Waals surface area contributed by atoms with E-state index in [2.05, 4.69) is 22.3 Å². The predicted molar refractivity (Wildman–Crippen MR) is 152 cm³/mol. The average Bonchev–Trinajstić information content (AvgIpc) is 2.90. The summed E-state index contributed by atoms with van der Waals surface area (Å²) >= 11 is 2.47. The highest BCUT2D eigenvalue weighted by atomic mass is 32.2. The highest BCUT2D eigenvalue weighted by Gasteiger charge is 2.12. The smallest absolute Gasteiger partial charge is 0.313 e. The van der Waals surface area contributed by atoms with Gasteiger partial charge in [-0.15, -0.1) is 0 Å². The van der Waals surface area contributed by atoms with Gasteiger partial charge in [-0.2, -0.15) is 10.2 Å². The lowest BCUT2D eigenvalue weighted by Gasteiger charge is -2.19. The number of hydrazone groups is 2. The second-order valence-electron chi connectivity index (χ2n) is 7.19. The minimum atomic E-state index is -0.951. The normalized spacial score (nSPS) is 11.3. The summed E-state index contributed by atoms with van der Waals surface area (Å²) in [7, 11) is 0. The number of carboxylic acid groups (broad SMARTS) is 1. The third-order valence-corrected chi connectivity index (χ3v) is 6.47. The van der Waals surface area contributed by atoms with Gasteiger partial charge in [0.15, 0.2) is 0 Å². The van der Waals surface area contributed by atoms with Gasteiger partial charge in [0.1, 0.15) is 0 Å². The van der Waals surface area contributed by atoms with Crippen molar-refractivity contribution in [3.05, 3.63) is 96.1 Å². The van der Waals surface area contributed by atoms with Gasteiger partial charge in [-0.1, -0.05) is 84.2 Å². The van der Waals surface area contributed by atoms with Crippen molar-refractivity contribution in [1.29, 1.82) is 0 Å². The quantitative estimate of drug-likeness (QED) is 0.139. The van der Waals surface area contributed by atoms with Crippen molar-refractivity contribution in [3.63, 3.8) is 0 Å². The molecule has 0 radical (unpaired) electrons. The number of carbonyl (C=O) groups is 1. The van der Waals surface area contributed by atoms with E-state index in [4.69, 9.17) is 28.5 Å². The lowest BCUT2D eigenvalue weighted by molar-refractivity contribution is -0.133. The van der Waals surface area contributed by atoms with Gasteiger partial charge >= 0.3 is 5.97 Å². The fraction of sp³-hybridized carbons (Fsp3) is 0.125. The Balaban J connectivity index is 0.000000261. The van der Waals surface area contributed by atoms with Crippen LogP contribution in [0.2, 0.25) is 0 Å². The molecule has 0 saturated heterocycles. The van der Waals surface area contributed by atoms with Crippen LogP contribution in [0, 0.1) is 6.92 Å². The van der Waals surface area contributed by atoms with Crippen molar-refractivity contribution in [1.82, 2.24) is 0 Å². The number of para-hydroxylation sites is 1. The van der Waals surface area contributed by atoms with Gasteiger partial charge < -0.3 is 16.8 Å². The zero-order valence-corrected chi connectivity index (χ0v) is 21.4. The van der Waals surface area contributed by atoms with Crippen molar-refractivity contribution >= 4 is 51.2 Å². The van der Waals surface area contributed by atoms with Gasteiger partial charge in [-0.3, -0.25) is 14.8 Å². The zero-order valence-electron chi connectivity index (χ0n) is 19.8. The van der Waals surface area contributed by atoms with Crippen LogP contribution < -0.4 is 33.4 Å². The standard InChI is InChI=1S/C15H18N4S.C9H12N4O2S/c1-12-6-5-9-14(10-12)19(17)15(18-16)20-11-13-7-3-2-4-8-13;10-12-9(16-6-8(14)15)13(11)7-4-2-1-3-5-7/h2-10H,11,16-17H2,1H3;1-5H,6,10-11H2,(H,14,15)/b18-15+;12-9+. The van der Waals surface area contributed by atoms with Crippen LogP contribution in [0.1, 0.15) is 11.1 Å². The maximum absolute atomic E-state index is 10.4. The first-order chi connectivity index (χ1) is 17.3. The fourth-order valence-corrected chi connectivity index (χ4v) is 4.15. The number of rotatable bonds is 6. The monoisotopic (exact) mass is 526 g/mol. The molecule has 0 bridgehead atoms. The van der Waals surface area contributed by atoms with E-state index in [9.17, 15) is 4.79 Å². The molecule has 3 aromatic carbocycles.